The van der Waals surface area contributed by atoms with Crippen LogP contribution in [0.4, 0.5) is 4.79 Å². The maximum absolute atomic E-state index is 13.7. The predicted molar refractivity (Wildman–Crippen MR) is 148 cm³/mol. The molecule has 39 heavy (non-hydrogen) atoms. The van der Waals surface area contributed by atoms with E-state index < -0.39 is 17.7 Å². The molecule has 0 aromatic heterocycles. The van der Waals surface area contributed by atoms with E-state index in [1.165, 1.54) is 29.4 Å². The Bertz CT molecular complexity index is 1250. The van der Waals surface area contributed by atoms with Crippen LogP contribution in [0.1, 0.15) is 86.2 Å². The highest BCUT2D eigenvalue weighted by atomic mass is 16.6. The quantitative estimate of drug-likeness (QED) is 0.544. The van der Waals surface area contributed by atoms with Gasteiger partial charge in [0.25, 0.3) is 0 Å². The lowest BCUT2D eigenvalue weighted by Gasteiger charge is -2.31. The lowest BCUT2D eigenvalue weighted by atomic mass is 9.81. The summed E-state index contributed by atoms with van der Waals surface area (Å²) in [6.07, 6.45) is 5.31. The number of carbonyl (C=O) groups is 3. The topological polar surface area (TPSA) is 84.9 Å². The zero-order valence-electron chi connectivity index (χ0n) is 23.5. The zero-order chi connectivity index (χ0) is 27.7. The van der Waals surface area contributed by atoms with Gasteiger partial charge in [-0.2, -0.15) is 0 Å². The van der Waals surface area contributed by atoms with Gasteiger partial charge in [-0.3, -0.25) is 14.5 Å². The molecule has 0 saturated carbocycles. The lowest BCUT2D eigenvalue weighted by Crippen LogP contribution is -2.48. The van der Waals surface area contributed by atoms with E-state index in [4.69, 9.17) is 9.47 Å². The van der Waals surface area contributed by atoms with Crippen molar-refractivity contribution in [3.8, 4) is 0 Å². The first-order chi connectivity index (χ1) is 18.6. The Morgan fingerprint density at radius 2 is 1.77 bits per heavy atom. The molecule has 5 rings (SSSR count). The normalized spacial score (nSPS) is 24.4. The number of fused-ring (bicyclic) bond motifs is 2. The minimum absolute atomic E-state index is 0.0236. The second-order valence-electron chi connectivity index (χ2n) is 12.2. The van der Waals surface area contributed by atoms with Gasteiger partial charge in [-0.05, 0) is 93.5 Å². The van der Waals surface area contributed by atoms with Crippen LogP contribution in [0.25, 0.3) is 0 Å². The van der Waals surface area contributed by atoms with Crippen molar-refractivity contribution in [2.75, 3.05) is 13.7 Å². The van der Waals surface area contributed by atoms with Gasteiger partial charge in [0.15, 0.2) is 0 Å². The van der Waals surface area contributed by atoms with Crippen molar-refractivity contribution in [2.45, 2.75) is 89.3 Å². The molecule has 2 aromatic rings. The van der Waals surface area contributed by atoms with Crippen molar-refractivity contribution in [2.24, 2.45) is 5.92 Å². The third-order valence-electron chi connectivity index (χ3n) is 8.38. The molecule has 2 aliphatic carbocycles. The Morgan fingerprint density at radius 1 is 0.974 bits per heavy atom. The fraction of sp³-hybridized carbons (Fsp3) is 0.531. The van der Waals surface area contributed by atoms with Gasteiger partial charge in [-0.25, -0.2) is 4.79 Å². The van der Waals surface area contributed by atoms with Crippen molar-refractivity contribution in [3.05, 3.63) is 70.3 Å². The van der Waals surface area contributed by atoms with Crippen LogP contribution >= 0.6 is 0 Å². The Hall–Kier alpha value is -3.35. The number of nitrogens with zero attached hydrogens (tertiary/aromatic N) is 1. The van der Waals surface area contributed by atoms with Gasteiger partial charge in [-0.15, -0.1) is 0 Å². The molecule has 4 atom stereocenters. The summed E-state index contributed by atoms with van der Waals surface area (Å²) in [6.45, 7) is 5.96. The molecule has 1 fully saturated rings. The Morgan fingerprint density at radius 3 is 2.54 bits per heavy atom. The van der Waals surface area contributed by atoms with Gasteiger partial charge in [0.2, 0.25) is 5.91 Å². The summed E-state index contributed by atoms with van der Waals surface area (Å²) in [4.78, 5) is 40.7. The average molecular weight is 533 g/mol. The summed E-state index contributed by atoms with van der Waals surface area (Å²) in [6, 6.07) is 14.0. The van der Waals surface area contributed by atoms with Crippen LogP contribution in [0, 0.1) is 5.92 Å². The van der Waals surface area contributed by atoms with Crippen molar-refractivity contribution < 1.29 is 23.9 Å². The molecule has 1 N–H and O–H groups in total. The Labute approximate surface area is 231 Å². The van der Waals surface area contributed by atoms with E-state index in [0.717, 1.165) is 37.7 Å². The van der Waals surface area contributed by atoms with Gasteiger partial charge in [-0.1, -0.05) is 42.5 Å². The maximum Gasteiger partial charge on any atom is 0.410 e. The molecular weight excluding hydrogens is 492 g/mol. The molecule has 1 saturated heterocycles. The summed E-state index contributed by atoms with van der Waals surface area (Å²) < 4.78 is 10.7. The summed E-state index contributed by atoms with van der Waals surface area (Å²) in [7, 11) is 1.44. The van der Waals surface area contributed by atoms with Crippen LogP contribution in [-0.4, -0.2) is 48.2 Å². The summed E-state index contributed by atoms with van der Waals surface area (Å²) in [5, 5.41) is 3.28. The number of aryl methyl sites for hydroxylation is 2. The van der Waals surface area contributed by atoms with Crippen LogP contribution < -0.4 is 5.32 Å². The molecule has 0 radical (unpaired) electrons. The molecule has 3 aliphatic rings. The summed E-state index contributed by atoms with van der Waals surface area (Å²) >= 11 is 0. The molecular formula is C32H40N2O5. The van der Waals surface area contributed by atoms with Crippen molar-refractivity contribution in [1.29, 1.82) is 0 Å². The summed E-state index contributed by atoms with van der Waals surface area (Å²) in [5.41, 5.74) is 5.34. The molecule has 208 valence electrons. The molecule has 1 aliphatic heterocycles. The van der Waals surface area contributed by atoms with E-state index in [9.17, 15) is 14.4 Å². The second-order valence-corrected chi connectivity index (χ2v) is 12.2. The molecule has 0 bridgehead atoms. The van der Waals surface area contributed by atoms with Crippen molar-refractivity contribution in [1.82, 2.24) is 10.2 Å². The third-order valence-corrected chi connectivity index (χ3v) is 8.38. The fourth-order valence-corrected chi connectivity index (χ4v) is 6.42. The van der Waals surface area contributed by atoms with E-state index in [-0.39, 0.29) is 29.8 Å². The van der Waals surface area contributed by atoms with Crippen molar-refractivity contribution >= 4 is 18.0 Å². The summed E-state index contributed by atoms with van der Waals surface area (Å²) in [5.74, 6) is -0.345. The highest BCUT2D eigenvalue weighted by Gasteiger charge is 2.43. The van der Waals surface area contributed by atoms with Crippen LogP contribution in [0.2, 0.25) is 0 Å². The monoisotopic (exact) mass is 532 g/mol. The highest BCUT2D eigenvalue weighted by Crippen LogP contribution is 2.37. The zero-order valence-corrected chi connectivity index (χ0v) is 23.5. The van der Waals surface area contributed by atoms with Gasteiger partial charge in [0.1, 0.15) is 11.6 Å². The smallest absolute Gasteiger partial charge is 0.410 e. The first-order valence-electron chi connectivity index (χ1n) is 14.2. The SMILES string of the molecule is COC(=O)[C@H]1CCc2cc(C3C[C@@H](C(=O)NC4CCCc5ccccc54)N(C(=O)OC(C)(C)C)C3)ccc2C1. The number of hydrogen-bond donors (Lipinski definition) is 1. The molecule has 0 spiro atoms. The first kappa shape index (κ1) is 27.2. The number of methoxy groups -OCH3 is 1. The molecule has 2 amide bonds. The van der Waals surface area contributed by atoms with Gasteiger partial charge < -0.3 is 14.8 Å². The fourth-order valence-electron chi connectivity index (χ4n) is 6.42. The van der Waals surface area contributed by atoms with Gasteiger partial charge >= 0.3 is 12.1 Å². The number of carbonyl (C=O) groups excluding carboxylic acids is 3. The first-order valence-corrected chi connectivity index (χ1v) is 14.2. The second kappa shape index (κ2) is 11.0. The van der Waals surface area contributed by atoms with E-state index in [2.05, 4.69) is 35.6 Å². The molecule has 2 aromatic carbocycles. The largest absolute Gasteiger partial charge is 0.469 e. The van der Waals surface area contributed by atoms with E-state index in [0.29, 0.717) is 19.4 Å². The Kier molecular flexibility index (Phi) is 7.70. The number of hydrogen-bond acceptors (Lipinski definition) is 5. The minimum Gasteiger partial charge on any atom is -0.469 e. The van der Waals surface area contributed by atoms with Gasteiger partial charge in [0, 0.05) is 12.5 Å². The van der Waals surface area contributed by atoms with Crippen molar-refractivity contribution in [3.63, 3.8) is 0 Å². The molecule has 2 unspecified atom stereocenters. The van der Waals surface area contributed by atoms with Crippen LogP contribution in [0.15, 0.2) is 42.5 Å². The average Bonchev–Trinajstić information content (AvgIpc) is 3.37. The maximum atomic E-state index is 13.7. The standard InChI is InChI=1S/C32H40N2O5/c1-32(2,3)39-31(37)34-19-25(23-13-12-22-17-24(30(36)38-4)15-14-21(22)16-23)18-28(34)29(35)33-27-11-7-9-20-8-5-6-10-26(20)27/h5-6,8,10,12-13,16,24-25,27-28H,7,9,11,14-15,17-19H2,1-4H3,(H,33,35)/t24-,25?,27?,28-/m0/s1. The molecule has 1 heterocycles. The number of likely N-dealkylation sites (tertiary alicyclic amines) is 1. The number of rotatable bonds is 4. The highest BCUT2D eigenvalue weighted by molar-refractivity contribution is 5.87. The van der Waals surface area contributed by atoms with E-state index in [1.54, 1.807) is 4.90 Å². The molecule has 7 nitrogen and oxygen atoms in total. The van der Waals surface area contributed by atoms with Crippen LogP contribution in [0.5, 0.6) is 0 Å². The molecule has 7 heteroatoms. The van der Waals surface area contributed by atoms with Crippen LogP contribution in [-0.2, 0) is 38.3 Å². The van der Waals surface area contributed by atoms with Gasteiger partial charge in [0.05, 0.1) is 19.1 Å². The van der Waals surface area contributed by atoms with Crippen LogP contribution in [0.3, 0.4) is 0 Å². The Balaban J connectivity index is 1.36. The number of esters is 1. The minimum atomic E-state index is -0.652. The van der Waals surface area contributed by atoms with E-state index >= 15 is 0 Å². The predicted octanol–water partition coefficient (Wildman–Crippen LogP) is 5.25. The number of benzene rings is 2. The lowest BCUT2D eigenvalue weighted by molar-refractivity contribution is -0.145. The number of amides is 2. The van der Waals surface area contributed by atoms with E-state index in [1.807, 2.05) is 32.9 Å². The third kappa shape index (κ3) is 5.97. The number of nitrogens with one attached hydrogen (secondary N) is 1. The number of ether oxygens (including phenoxy) is 2.